The predicted molar refractivity (Wildman–Crippen MR) is 431 cm³/mol. The van der Waals surface area contributed by atoms with E-state index in [0.717, 1.165) is 45.4 Å². The van der Waals surface area contributed by atoms with E-state index in [1.165, 1.54) is 62.8 Å². The molecule has 0 radical (unpaired) electrons. The van der Waals surface area contributed by atoms with Gasteiger partial charge in [-0.05, 0) is 140 Å². The van der Waals surface area contributed by atoms with Crippen LogP contribution in [0.4, 0.5) is 0 Å². The summed E-state index contributed by atoms with van der Waals surface area (Å²) in [5.41, 5.74) is 34.1. The van der Waals surface area contributed by atoms with Crippen molar-refractivity contribution in [3.05, 3.63) is 42.0 Å². The lowest BCUT2D eigenvalue weighted by molar-refractivity contribution is -0.141. The number of phenolic OH excluding ortho intramolecular Hbond substituents is 1. The molecule has 650 valence electrons. The quantitative estimate of drug-likeness (QED) is 0.0192. The number of nitrogens with zero attached hydrogens (tertiary/aromatic N) is 1. The molecule has 0 spiro atoms. The first-order chi connectivity index (χ1) is 54.6. The number of rotatable bonds is 70. The standard InChI is InChI=1S/C81H135N13O21/c1-5-6-7-8-9-10-11-12-13-14-15-16-17-18-19-26-60(100)41-57(48-95)75(110)89-47-61(101)40-56(39-53-29-31-59(99)32-30-53)78(113)92-65(33-34-72(84)106)68(102)42-54(25-20-22-35-82)76(111)90-63(27-21-23-36-83)69(103)43-55(38-51(2)3)77(112)91-64(28-24-37-88-81(86)87)70(104)44-58(49-96)79(114)94-67(50-97)71(105)45-62(52(4)98)80(115)93-66(74(85)109)46-73(107)108/h12-13,29-32,51-52,54-58,62-67,95-99H,5-11,14-28,33-50,82-83H2,1-4H3,(H2,84,106)(H2,85,109)(H,89,110)(H,90,111)(H,91,112)(H,92,113)(H,93,115)(H,94,114)(H,107,108)(H4,86,87,88)/t52-,54-,55-,56-,57+,58+,62+,63+,64+,65+,66+,67+/m1/s1. The normalized spacial score (nSPS) is 14.5. The fourth-order valence-corrected chi connectivity index (χ4v) is 13.1. The van der Waals surface area contributed by atoms with Crippen molar-refractivity contribution < 1.29 is 103 Å². The van der Waals surface area contributed by atoms with Crippen LogP contribution in [0, 0.1) is 41.4 Å². The molecule has 0 saturated carbocycles. The van der Waals surface area contributed by atoms with Gasteiger partial charge in [0, 0.05) is 75.7 Å². The number of aliphatic hydroxyl groups excluding tert-OH is 4. The summed E-state index contributed by atoms with van der Waals surface area (Å²) >= 11 is 0. The highest BCUT2D eigenvalue weighted by Crippen LogP contribution is 2.25. The summed E-state index contributed by atoms with van der Waals surface area (Å²) in [6, 6.07) is -2.01. The Bertz CT molecular complexity index is 3260. The van der Waals surface area contributed by atoms with Gasteiger partial charge >= 0.3 is 5.97 Å². The van der Waals surface area contributed by atoms with E-state index in [-0.39, 0.29) is 101 Å². The second-order valence-corrected chi connectivity index (χ2v) is 30.4. The summed E-state index contributed by atoms with van der Waals surface area (Å²) in [6.45, 7) is 3.80. The highest BCUT2D eigenvalue weighted by atomic mass is 16.4. The third-order valence-corrected chi connectivity index (χ3v) is 19.9. The van der Waals surface area contributed by atoms with Crippen molar-refractivity contribution in [2.45, 2.75) is 276 Å². The molecule has 24 N–H and O–H groups in total. The molecule has 34 nitrogen and oxygen atoms in total. The number of nitrogens with one attached hydrogen (secondary N) is 6. The zero-order chi connectivity index (χ0) is 86.4. The lowest BCUT2D eigenvalue weighted by Crippen LogP contribution is -2.52. The zero-order valence-electron chi connectivity index (χ0n) is 68.0. The van der Waals surface area contributed by atoms with Gasteiger partial charge in [0.1, 0.15) is 23.6 Å². The fraction of sp³-hybridized carbons (Fsp3) is 0.704. The summed E-state index contributed by atoms with van der Waals surface area (Å²) in [5, 5.41) is 75.5. The summed E-state index contributed by atoms with van der Waals surface area (Å²) in [7, 11) is 0. The Morgan fingerprint density at radius 3 is 1.43 bits per heavy atom. The molecule has 115 heavy (non-hydrogen) atoms. The maximum atomic E-state index is 14.8. The number of hydrogen-bond acceptors (Lipinski definition) is 23. The van der Waals surface area contributed by atoms with Crippen LogP contribution in [-0.2, 0) is 78.3 Å². The minimum absolute atomic E-state index is 0.00500. The number of primary amides is 2. The number of ketones is 6. The smallest absolute Gasteiger partial charge is 0.305 e. The minimum atomic E-state index is -1.80. The number of Topliss-reactive ketones (excluding diaryl/α,β-unsaturated/α-hetero) is 6. The minimum Gasteiger partial charge on any atom is -0.508 e. The number of phenols is 1. The van der Waals surface area contributed by atoms with Crippen LogP contribution in [0.3, 0.4) is 0 Å². The number of nitrogens with two attached hydrogens (primary N) is 6. The summed E-state index contributed by atoms with van der Waals surface area (Å²) in [5.74, 6) is -21.9. The van der Waals surface area contributed by atoms with E-state index < -0.39 is 225 Å². The Kier molecular flexibility index (Phi) is 54.8. The number of allylic oxidation sites excluding steroid dienone is 2. The molecule has 1 aromatic rings. The number of carbonyl (C=O) groups is 15. The first kappa shape index (κ1) is 104. The molecule has 0 aliphatic rings. The Morgan fingerprint density at radius 1 is 0.452 bits per heavy atom. The molecule has 34 heteroatoms. The third kappa shape index (κ3) is 46.4. The van der Waals surface area contributed by atoms with Gasteiger partial charge < -0.3 is 96.9 Å². The van der Waals surface area contributed by atoms with Gasteiger partial charge in [0.2, 0.25) is 47.3 Å². The summed E-state index contributed by atoms with van der Waals surface area (Å²) < 4.78 is 0. The van der Waals surface area contributed by atoms with Crippen LogP contribution in [0.1, 0.15) is 239 Å². The second-order valence-electron chi connectivity index (χ2n) is 30.4. The van der Waals surface area contributed by atoms with Crippen molar-refractivity contribution in [1.29, 1.82) is 0 Å². The highest BCUT2D eigenvalue weighted by Gasteiger charge is 2.38. The number of aliphatic carboxylic acids is 1. The van der Waals surface area contributed by atoms with Gasteiger partial charge in [-0.3, -0.25) is 76.9 Å². The first-order valence-corrected chi connectivity index (χ1v) is 40.8. The van der Waals surface area contributed by atoms with Crippen LogP contribution in [0.5, 0.6) is 5.75 Å². The van der Waals surface area contributed by atoms with Crippen molar-refractivity contribution in [3.63, 3.8) is 0 Å². The van der Waals surface area contributed by atoms with Crippen LogP contribution < -0.4 is 66.3 Å². The van der Waals surface area contributed by atoms with E-state index in [1.807, 2.05) is 0 Å². The van der Waals surface area contributed by atoms with E-state index in [0.29, 0.717) is 37.7 Å². The number of unbranched alkanes of at least 4 members (excludes halogenated alkanes) is 13. The molecule has 0 aromatic heterocycles. The maximum Gasteiger partial charge on any atom is 0.305 e. The molecule has 0 fully saturated rings. The van der Waals surface area contributed by atoms with E-state index in [2.05, 4.69) is 56.0 Å². The SMILES string of the molecule is CCCCCCCCC=CCCCCCCCC(=O)C[C@@H](CO)C(=O)NCC(=O)C[C@@H](Cc1ccc(O)cc1)C(=O)N[C@@H](CCC(N)=O)C(=O)C[C@@H](CCCCN)C(=O)N[C@@H](CCCCN)C(=O)C[C@@H](CC(C)C)C(=O)N[C@@H](CCCN=C(N)N)C(=O)C[C@@H](CO)C(=O)N[C@@H](CO)C(=O)C[C@H](C(=O)N[C@@H](CC(=O)O)C(N)=O)[C@@H](C)O. The van der Waals surface area contributed by atoms with Crippen molar-refractivity contribution in [2.75, 3.05) is 46.0 Å². The van der Waals surface area contributed by atoms with Crippen LogP contribution >= 0.6 is 0 Å². The number of aliphatic hydroxyl groups is 4. The fourth-order valence-electron chi connectivity index (χ4n) is 13.1. The third-order valence-electron chi connectivity index (χ3n) is 19.9. The number of carboxylic acids is 1. The molecule has 0 unspecified atom stereocenters. The zero-order valence-corrected chi connectivity index (χ0v) is 68.0. The van der Waals surface area contributed by atoms with Crippen LogP contribution in [0.2, 0.25) is 0 Å². The topological polar surface area (TPSA) is 618 Å². The molecule has 1 rings (SSSR count). The molecule has 1 aromatic carbocycles. The maximum absolute atomic E-state index is 14.8. The second kappa shape index (κ2) is 60.5. The van der Waals surface area contributed by atoms with Gasteiger partial charge in [-0.1, -0.05) is 103 Å². The molecule has 0 bridgehead atoms. The van der Waals surface area contributed by atoms with Crippen LogP contribution in [0.25, 0.3) is 0 Å². The Morgan fingerprint density at radius 2 is 0.913 bits per heavy atom. The molecule has 8 amide bonds. The number of hydrogen-bond donors (Lipinski definition) is 18. The van der Waals surface area contributed by atoms with Gasteiger partial charge in [0.25, 0.3) is 0 Å². The van der Waals surface area contributed by atoms with Crippen molar-refractivity contribution in [1.82, 2.24) is 31.9 Å². The van der Waals surface area contributed by atoms with Gasteiger partial charge in [0.15, 0.2) is 34.9 Å². The number of guanidine groups is 1. The summed E-state index contributed by atoms with van der Waals surface area (Å²) in [4.78, 5) is 208. The van der Waals surface area contributed by atoms with Crippen molar-refractivity contribution >= 4 is 93.9 Å². The highest BCUT2D eigenvalue weighted by molar-refractivity contribution is 5.99. The molecular formula is C81H135N13O21. The van der Waals surface area contributed by atoms with E-state index in [4.69, 9.17) is 39.5 Å². The number of carboxylic acid groups (broad SMARTS) is 1. The number of carbonyl (C=O) groups excluding carboxylic acids is 14. The Hall–Kier alpha value is -8.96. The Balaban J connectivity index is 3.50. The van der Waals surface area contributed by atoms with Crippen LogP contribution in [-0.4, -0.2) is 207 Å². The number of amides is 8. The number of aliphatic imine (C=N–C) groups is 1. The van der Waals surface area contributed by atoms with E-state index in [1.54, 1.807) is 13.8 Å². The lowest BCUT2D eigenvalue weighted by atomic mass is 9.87. The predicted octanol–water partition coefficient (Wildman–Crippen LogP) is 1.91. The Labute approximate surface area is 676 Å². The van der Waals surface area contributed by atoms with Gasteiger partial charge in [-0.25, -0.2) is 0 Å². The van der Waals surface area contributed by atoms with Crippen LogP contribution in [0.15, 0.2) is 41.4 Å². The average molecular weight is 1630 g/mol. The average Bonchev–Trinajstić information content (AvgIpc) is 0.864. The van der Waals surface area contributed by atoms with Gasteiger partial charge in [-0.15, -0.1) is 0 Å². The van der Waals surface area contributed by atoms with E-state index >= 15 is 0 Å². The molecule has 0 saturated heterocycles. The van der Waals surface area contributed by atoms with E-state index in [9.17, 15) is 97.5 Å². The number of aromatic hydroxyl groups is 1. The largest absolute Gasteiger partial charge is 0.508 e. The molecular weight excluding hydrogens is 1490 g/mol. The lowest BCUT2D eigenvalue weighted by Gasteiger charge is -2.27. The van der Waals surface area contributed by atoms with Gasteiger partial charge in [0.05, 0.1) is 74.8 Å². The summed E-state index contributed by atoms with van der Waals surface area (Å²) in [6.07, 6.45) is 13.3. The monoisotopic (exact) mass is 1630 g/mol. The molecule has 0 heterocycles. The molecule has 0 aliphatic heterocycles. The molecule has 0 aliphatic carbocycles. The number of benzene rings is 1. The van der Waals surface area contributed by atoms with Gasteiger partial charge in [-0.2, -0.15) is 0 Å². The molecule has 12 atom stereocenters. The van der Waals surface area contributed by atoms with Crippen molar-refractivity contribution in [2.24, 2.45) is 80.8 Å². The van der Waals surface area contributed by atoms with Crippen molar-refractivity contribution in [3.8, 4) is 5.75 Å². The first-order valence-electron chi connectivity index (χ1n) is 40.8.